The topological polar surface area (TPSA) is 29.5 Å². The molecule has 1 aromatic rings. The summed E-state index contributed by atoms with van der Waals surface area (Å²) in [5.41, 5.74) is 2.81. The summed E-state index contributed by atoms with van der Waals surface area (Å²) in [6.45, 7) is 8.09. The van der Waals surface area contributed by atoms with Crippen LogP contribution in [0.1, 0.15) is 38.2 Å². The third kappa shape index (κ3) is 2.72. The van der Waals surface area contributed by atoms with Crippen LogP contribution in [0.15, 0.2) is 35.9 Å². The van der Waals surface area contributed by atoms with Gasteiger partial charge in [0.2, 0.25) is 0 Å². The molecule has 2 atom stereocenters. The summed E-state index contributed by atoms with van der Waals surface area (Å²) in [5.74, 6) is -0.0383. The highest BCUT2D eigenvalue weighted by atomic mass is 19.1. The fourth-order valence-corrected chi connectivity index (χ4v) is 2.98. The van der Waals surface area contributed by atoms with Gasteiger partial charge in [-0.2, -0.15) is 0 Å². The van der Waals surface area contributed by atoms with Gasteiger partial charge < -0.3 is 9.84 Å². The summed E-state index contributed by atoms with van der Waals surface area (Å²) in [6.07, 6.45) is 4.07. The Bertz CT molecular complexity index is 560. The van der Waals surface area contributed by atoms with E-state index in [4.69, 9.17) is 4.74 Å². The maximum Gasteiger partial charge on any atom is 0.134 e. The first-order valence-electron chi connectivity index (χ1n) is 6.83. The maximum atomic E-state index is 14.3. The van der Waals surface area contributed by atoms with E-state index in [1.165, 1.54) is 18.7 Å². The van der Waals surface area contributed by atoms with Gasteiger partial charge in [-0.15, -0.1) is 0 Å². The van der Waals surface area contributed by atoms with E-state index in [1.807, 2.05) is 6.92 Å². The second-order valence-corrected chi connectivity index (χ2v) is 5.57. The average Bonchev–Trinajstić information content (AvgIpc) is 2.37. The first-order chi connectivity index (χ1) is 9.43. The van der Waals surface area contributed by atoms with Crippen LogP contribution < -0.4 is 4.74 Å². The zero-order chi connectivity index (χ0) is 14.9. The molecule has 3 heteroatoms. The van der Waals surface area contributed by atoms with Gasteiger partial charge in [0, 0.05) is 23.6 Å². The molecule has 0 amide bonds. The van der Waals surface area contributed by atoms with E-state index in [2.05, 4.69) is 19.6 Å². The Labute approximate surface area is 119 Å². The van der Waals surface area contributed by atoms with E-state index < -0.39 is 5.82 Å². The Morgan fingerprint density at radius 3 is 2.75 bits per heavy atom. The summed E-state index contributed by atoms with van der Waals surface area (Å²) in [6, 6.07) is 2.61. The smallest absolute Gasteiger partial charge is 0.134 e. The summed E-state index contributed by atoms with van der Waals surface area (Å²) in [4.78, 5) is 0. The molecule has 0 saturated heterocycles. The predicted octanol–water partition coefficient (Wildman–Crippen LogP) is 4.56. The second kappa shape index (κ2) is 5.70. The third-order valence-electron chi connectivity index (χ3n) is 4.01. The number of methoxy groups -OCH3 is 1. The van der Waals surface area contributed by atoms with Gasteiger partial charge in [-0.25, -0.2) is 4.39 Å². The van der Waals surface area contributed by atoms with Crippen LogP contribution in [0.3, 0.4) is 0 Å². The molecule has 1 aromatic carbocycles. The molecule has 2 rings (SSSR count). The number of aromatic hydroxyl groups is 1. The van der Waals surface area contributed by atoms with Crippen molar-refractivity contribution in [2.24, 2.45) is 5.92 Å². The van der Waals surface area contributed by atoms with Crippen LogP contribution in [0.4, 0.5) is 4.39 Å². The van der Waals surface area contributed by atoms with Crippen LogP contribution in [0, 0.1) is 11.7 Å². The van der Waals surface area contributed by atoms with Crippen molar-refractivity contribution in [1.82, 2.24) is 0 Å². The van der Waals surface area contributed by atoms with Gasteiger partial charge in [0.15, 0.2) is 0 Å². The normalized spacial score (nSPS) is 22.3. The molecule has 1 N–H and O–H groups in total. The van der Waals surface area contributed by atoms with Crippen molar-refractivity contribution in [3.63, 3.8) is 0 Å². The van der Waals surface area contributed by atoms with Crippen molar-refractivity contribution in [3.05, 3.63) is 47.3 Å². The summed E-state index contributed by atoms with van der Waals surface area (Å²) in [5, 5.41) is 9.52. The number of benzene rings is 1. The summed E-state index contributed by atoms with van der Waals surface area (Å²) < 4.78 is 19.6. The highest BCUT2D eigenvalue weighted by Crippen LogP contribution is 2.44. The fraction of sp³-hybridized carbons (Fsp3) is 0.412. The van der Waals surface area contributed by atoms with Crippen LogP contribution in [-0.2, 0) is 0 Å². The van der Waals surface area contributed by atoms with Crippen molar-refractivity contribution in [2.75, 3.05) is 7.11 Å². The quantitative estimate of drug-likeness (QED) is 0.820. The molecule has 0 spiro atoms. The van der Waals surface area contributed by atoms with Crippen LogP contribution >= 0.6 is 0 Å². The minimum atomic E-state index is -0.427. The van der Waals surface area contributed by atoms with Crippen molar-refractivity contribution < 1.29 is 14.2 Å². The molecule has 1 aliphatic rings. The predicted molar refractivity (Wildman–Crippen MR) is 78.7 cm³/mol. The molecule has 2 nitrogen and oxygen atoms in total. The van der Waals surface area contributed by atoms with Gasteiger partial charge in [-0.3, -0.25) is 0 Å². The number of allylic oxidation sites excluding steroid dienone is 3. The van der Waals surface area contributed by atoms with Gasteiger partial charge in [-0.1, -0.05) is 23.8 Å². The largest absolute Gasteiger partial charge is 0.508 e. The van der Waals surface area contributed by atoms with Crippen molar-refractivity contribution >= 4 is 0 Å². The number of phenolic OH excluding ortho intramolecular Hbond substituents is 1. The van der Waals surface area contributed by atoms with Gasteiger partial charge in [0.25, 0.3) is 0 Å². The van der Waals surface area contributed by atoms with Crippen LogP contribution in [-0.4, -0.2) is 12.2 Å². The summed E-state index contributed by atoms with van der Waals surface area (Å²) in [7, 11) is 1.49. The molecule has 0 heterocycles. The summed E-state index contributed by atoms with van der Waals surface area (Å²) >= 11 is 0. The molecule has 0 aliphatic heterocycles. The molecule has 0 fully saturated rings. The number of rotatable bonds is 3. The number of hydrogen-bond donors (Lipinski definition) is 1. The Kier molecular flexibility index (Phi) is 4.17. The minimum absolute atomic E-state index is 0.0863. The zero-order valence-corrected chi connectivity index (χ0v) is 12.2. The number of hydrogen-bond acceptors (Lipinski definition) is 2. The highest BCUT2D eigenvalue weighted by molar-refractivity contribution is 5.46. The minimum Gasteiger partial charge on any atom is -0.508 e. The molecule has 0 bridgehead atoms. The third-order valence-corrected chi connectivity index (χ3v) is 4.01. The lowest BCUT2D eigenvalue weighted by atomic mass is 9.74. The van der Waals surface area contributed by atoms with Crippen molar-refractivity contribution in [2.45, 2.75) is 32.6 Å². The Hall–Kier alpha value is -1.77. The highest BCUT2D eigenvalue weighted by Gasteiger charge is 2.30. The molecule has 108 valence electrons. The first-order valence-corrected chi connectivity index (χ1v) is 6.83. The molecule has 2 unspecified atom stereocenters. The zero-order valence-electron chi connectivity index (χ0n) is 12.2. The Morgan fingerprint density at radius 1 is 1.45 bits per heavy atom. The lowest BCUT2D eigenvalue weighted by Crippen LogP contribution is -2.18. The van der Waals surface area contributed by atoms with Crippen LogP contribution in [0.2, 0.25) is 0 Å². The molecule has 1 aliphatic carbocycles. The molecular formula is C17H21FO2. The maximum absolute atomic E-state index is 14.3. The Balaban J connectivity index is 2.57. The fourth-order valence-electron chi connectivity index (χ4n) is 2.98. The standard InChI is InChI=1S/C17H21FO2/c1-10(2)13-6-5-11(3)7-14(13)17-15(18)8-12(19)9-16(17)20-4/h7-9,13-14,19H,1,5-6H2,2-4H3. The number of phenols is 1. The monoisotopic (exact) mass is 276 g/mol. The molecule has 0 aromatic heterocycles. The van der Waals surface area contributed by atoms with Gasteiger partial charge in [0.05, 0.1) is 7.11 Å². The lowest BCUT2D eigenvalue weighted by molar-refractivity contribution is 0.380. The average molecular weight is 276 g/mol. The number of halogens is 1. The van der Waals surface area contributed by atoms with E-state index in [1.54, 1.807) is 0 Å². The van der Waals surface area contributed by atoms with E-state index in [-0.39, 0.29) is 17.6 Å². The van der Waals surface area contributed by atoms with E-state index in [0.717, 1.165) is 24.5 Å². The van der Waals surface area contributed by atoms with E-state index in [9.17, 15) is 9.50 Å². The van der Waals surface area contributed by atoms with E-state index in [0.29, 0.717) is 11.3 Å². The first kappa shape index (κ1) is 14.6. The Morgan fingerprint density at radius 2 is 2.15 bits per heavy atom. The van der Waals surface area contributed by atoms with Gasteiger partial charge in [0.1, 0.15) is 17.3 Å². The van der Waals surface area contributed by atoms with E-state index >= 15 is 0 Å². The SMILES string of the molecule is C=C(C)C1CCC(C)=CC1c1c(F)cc(O)cc1OC. The van der Waals surface area contributed by atoms with Crippen LogP contribution in [0.5, 0.6) is 11.5 Å². The van der Waals surface area contributed by atoms with Crippen molar-refractivity contribution in [3.8, 4) is 11.5 Å². The lowest BCUT2D eigenvalue weighted by Gasteiger charge is -2.31. The molecule has 20 heavy (non-hydrogen) atoms. The molecule has 0 saturated carbocycles. The molecular weight excluding hydrogens is 255 g/mol. The molecule has 0 radical (unpaired) electrons. The van der Waals surface area contributed by atoms with Gasteiger partial charge in [-0.05, 0) is 32.6 Å². The van der Waals surface area contributed by atoms with Crippen molar-refractivity contribution in [1.29, 1.82) is 0 Å². The number of ether oxygens (including phenoxy) is 1. The van der Waals surface area contributed by atoms with Gasteiger partial charge >= 0.3 is 0 Å². The van der Waals surface area contributed by atoms with Crippen LogP contribution in [0.25, 0.3) is 0 Å². The second-order valence-electron chi connectivity index (χ2n) is 5.57.